The van der Waals surface area contributed by atoms with Gasteiger partial charge in [-0.3, -0.25) is 4.79 Å². The van der Waals surface area contributed by atoms with Crippen molar-refractivity contribution in [3.05, 3.63) is 58.1 Å². The van der Waals surface area contributed by atoms with Crippen LogP contribution in [0, 0.1) is 5.92 Å². The zero-order chi connectivity index (χ0) is 16.8. The normalized spacial score (nSPS) is 10.7. The Labute approximate surface area is 147 Å². The van der Waals surface area contributed by atoms with Gasteiger partial charge in [0.25, 0.3) is 0 Å². The summed E-state index contributed by atoms with van der Waals surface area (Å²) in [5, 5.41) is 7.46. The fraction of sp³-hybridized carbons (Fsp3) is 0.278. The second kappa shape index (κ2) is 8.23. The highest BCUT2D eigenvalue weighted by Crippen LogP contribution is 2.23. The van der Waals surface area contributed by atoms with Crippen LogP contribution < -0.4 is 10.6 Å². The van der Waals surface area contributed by atoms with Gasteiger partial charge in [0.1, 0.15) is 0 Å². The fourth-order valence-corrected chi connectivity index (χ4v) is 2.63. The van der Waals surface area contributed by atoms with Crippen molar-refractivity contribution in [2.24, 2.45) is 5.92 Å². The molecule has 0 saturated heterocycles. The van der Waals surface area contributed by atoms with Gasteiger partial charge in [0.05, 0.1) is 0 Å². The molecule has 0 aliphatic heterocycles. The predicted octanol–water partition coefficient (Wildman–Crippen LogP) is 5.59. The number of hydrogen-bond donors (Lipinski definition) is 2. The van der Waals surface area contributed by atoms with Gasteiger partial charge < -0.3 is 10.6 Å². The quantitative estimate of drug-likeness (QED) is 0.712. The summed E-state index contributed by atoms with van der Waals surface area (Å²) >= 11 is 12.1. The van der Waals surface area contributed by atoms with Gasteiger partial charge in [-0.05, 0) is 41.8 Å². The molecule has 23 heavy (non-hydrogen) atoms. The van der Waals surface area contributed by atoms with Gasteiger partial charge >= 0.3 is 0 Å². The van der Waals surface area contributed by atoms with Crippen LogP contribution in [0.2, 0.25) is 10.0 Å². The highest BCUT2D eigenvalue weighted by atomic mass is 35.5. The summed E-state index contributed by atoms with van der Waals surface area (Å²) in [5.74, 6) is 0.362. The van der Waals surface area contributed by atoms with E-state index in [9.17, 15) is 4.79 Å². The summed E-state index contributed by atoms with van der Waals surface area (Å²) in [7, 11) is 0. The van der Waals surface area contributed by atoms with E-state index in [4.69, 9.17) is 23.2 Å². The second-order valence-corrected chi connectivity index (χ2v) is 6.66. The fourth-order valence-electron chi connectivity index (χ4n) is 2.15. The third-order valence-electron chi connectivity index (χ3n) is 3.24. The smallest absolute Gasteiger partial charge is 0.224 e. The number of hydrogen-bond acceptors (Lipinski definition) is 2. The maximum Gasteiger partial charge on any atom is 0.224 e. The zero-order valence-corrected chi connectivity index (χ0v) is 14.7. The second-order valence-electron chi connectivity index (χ2n) is 5.82. The Hall–Kier alpha value is -1.71. The summed E-state index contributed by atoms with van der Waals surface area (Å²) in [6.45, 7) is 4.63. The van der Waals surface area contributed by atoms with Crippen LogP contribution in [-0.2, 0) is 11.3 Å². The topological polar surface area (TPSA) is 41.1 Å². The number of benzene rings is 2. The monoisotopic (exact) mass is 350 g/mol. The minimum atomic E-state index is 0.0258. The number of carbonyl (C=O) groups is 1. The molecule has 2 rings (SSSR count). The highest BCUT2D eigenvalue weighted by Gasteiger charge is 2.06. The van der Waals surface area contributed by atoms with E-state index in [0.29, 0.717) is 28.9 Å². The molecular weight excluding hydrogens is 331 g/mol. The molecule has 0 heterocycles. The van der Waals surface area contributed by atoms with Crippen LogP contribution >= 0.6 is 23.2 Å². The van der Waals surface area contributed by atoms with E-state index in [1.54, 1.807) is 6.07 Å². The third-order valence-corrected chi connectivity index (χ3v) is 3.82. The summed E-state index contributed by atoms with van der Waals surface area (Å²) in [6, 6.07) is 13.1. The number of rotatable bonds is 6. The third kappa shape index (κ3) is 5.77. The lowest BCUT2D eigenvalue weighted by atomic mass is 10.1. The Balaban J connectivity index is 1.98. The molecule has 122 valence electrons. The first kappa shape index (κ1) is 17.6. The molecule has 2 N–H and O–H groups in total. The SMILES string of the molecule is CC(C)CC(=O)Nc1cccc(NCc2ccc(Cl)cc2Cl)c1. The van der Waals surface area contributed by atoms with Gasteiger partial charge in [-0.2, -0.15) is 0 Å². The maximum absolute atomic E-state index is 11.8. The first-order valence-corrected chi connectivity index (χ1v) is 8.27. The predicted molar refractivity (Wildman–Crippen MR) is 98.3 cm³/mol. The Morgan fingerprint density at radius 3 is 2.52 bits per heavy atom. The van der Waals surface area contributed by atoms with Crippen LogP contribution in [0.5, 0.6) is 0 Å². The number of amides is 1. The Morgan fingerprint density at radius 1 is 1.09 bits per heavy atom. The van der Waals surface area contributed by atoms with Gasteiger partial charge in [-0.15, -0.1) is 0 Å². The molecule has 3 nitrogen and oxygen atoms in total. The molecule has 0 radical (unpaired) electrons. The first-order valence-electron chi connectivity index (χ1n) is 7.52. The van der Waals surface area contributed by atoms with Crippen LogP contribution in [0.15, 0.2) is 42.5 Å². The molecule has 0 bridgehead atoms. The molecule has 0 aliphatic carbocycles. The molecule has 5 heteroatoms. The Bertz CT molecular complexity index is 686. The van der Waals surface area contributed by atoms with E-state index in [2.05, 4.69) is 10.6 Å². The van der Waals surface area contributed by atoms with Crippen LogP contribution in [0.3, 0.4) is 0 Å². The summed E-state index contributed by atoms with van der Waals surface area (Å²) in [6.07, 6.45) is 0.512. The van der Waals surface area contributed by atoms with Crippen molar-refractivity contribution in [1.29, 1.82) is 0 Å². The lowest BCUT2D eigenvalue weighted by Gasteiger charge is -2.11. The first-order chi connectivity index (χ1) is 10.9. The minimum Gasteiger partial charge on any atom is -0.381 e. The lowest BCUT2D eigenvalue weighted by Crippen LogP contribution is -2.13. The van der Waals surface area contributed by atoms with Crippen LogP contribution in [-0.4, -0.2) is 5.91 Å². The molecule has 0 unspecified atom stereocenters. The zero-order valence-electron chi connectivity index (χ0n) is 13.2. The van der Waals surface area contributed by atoms with E-state index in [1.165, 1.54) is 0 Å². The average molecular weight is 351 g/mol. The van der Waals surface area contributed by atoms with Crippen molar-refractivity contribution < 1.29 is 4.79 Å². The molecule has 2 aromatic carbocycles. The molecule has 0 fully saturated rings. The molecule has 2 aromatic rings. The van der Waals surface area contributed by atoms with Crippen LogP contribution in [0.25, 0.3) is 0 Å². The van der Waals surface area contributed by atoms with E-state index < -0.39 is 0 Å². The van der Waals surface area contributed by atoms with Gasteiger partial charge in [0.2, 0.25) is 5.91 Å². The summed E-state index contributed by atoms with van der Waals surface area (Å²) < 4.78 is 0. The number of nitrogens with one attached hydrogen (secondary N) is 2. The van der Waals surface area contributed by atoms with Gasteiger partial charge in [-0.1, -0.05) is 49.2 Å². The highest BCUT2D eigenvalue weighted by molar-refractivity contribution is 6.35. The van der Waals surface area contributed by atoms with E-state index in [1.807, 2.05) is 50.2 Å². The van der Waals surface area contributed by atoms with Crippen molar-refractivity contribution in [2.45, 2.75) is 26.8 Å². The van der Waals surface area contributed by atoms with Crippen LogP contribution in [0.4, 0.5) is 11.4 Å². The lowest BCUT2D eigenvalue weighted by molar-refractivity contribution is -0.116. The maximum atomic E-state index is 11.8. The van der Waals surface area contributed by atoms with Crippen molar-refractivity contribution in [1.82, 2.24) is 0 Å². The standard InChI is InChI=1S/C18H20Cl2N2O/c1-12(2)8-18(23)22-16-5-3-4-15(10-16)21-11-13-6-7-14(19)9-17(13)20/h3-7,9-10,12,21H,8,11H2,1-2H3,(H,22,23). The largest absolute Gasteiger partial charge is 0.381 e. The minimum absolute atomic E-state index is 0.0258. The van der Waals surface area contributed by atoms with Gasteiger partial charge in [0.15, 0.2) is 0 Å². The van der Waals surface area contributed by atoms with Crippen LogP contribution in [0.1, 0.15) is 25.8 Å². The Kier molecular flexibility index (Phi) is 6.31. The molecule has 0 saturated carbocycles. The Morgan fingerprint density at radius 2 is 1.83 bits per heavy atom. The molecule has 0 spiro atoms. The van der Waals surface area contributed by atoms with Crippen molar-refractivity contribution in [2.75, 3.05) is 10.6 Å². The van der Waals surface area contributed by atoms with Gasteiger partial charge in [0, 0.05) is 34.4 Å². The molecule has 0 aromatic heterocycles. The van der Waals surface area contributed by atoms with E-state index in [0.717, 1.165) is 16.9 Å². The average Bonchev–Trinajstić information content (AvgIpc) is 2.45. The molecule has 0 atom stereocenters. The number of carbonyl (C=O) groups excluding carboxylic acids is 1. The number of anilines is 2. The summed E-state index contributed by atoms with van der Waals surface area (Å²) in [4.78, 5) is 11.8. The molecular formula is C18H20Cl2N2O. The van der Waals surface area contributed by atoms with Crippen molar-refractivity contribution in [3.63, 3.8) is 0 Å². The number of halogens is 2. The molecule has 1 amide bonds. The van der Waals surface area contributed by atoms with Crippen molar-refractivity contribution >= 4 is 40.5 Å². The van der Waals surface area contributed by atoms with E-state index >= 15 is 0 Å². The van der Waals surface area contributed by atoms with Gasteiger partial charge in [-0.25, -0.2) is 0 Å². The van der Waals surface area contributed by atoms with E-state index in [-0.39, 0.29) is 5.91 Å². The molecule has 0 aliphatic rings. The summed E-state index contributed by atoms with van der Waals surface area (Å²) in [5.41, 5.74) is 2.66. The van der Waals surface area contributed by atoms with Crippen molar-refractivity contribution in [3.8, 4) is 0 Å².